The fraction of sp³-hybridized carbons (Fsp3) is 0.143. The average Bonchev–Trinajstić information content (AvgIpc) is 2.47. The molecule has 3 rings (SSSR count). The minimum Gasteiger partial charge on any atom is -0.384 e. The van der Waals surface area contributed by atoms with Gasteiger partial charge < -0.3 is 9.41 Å². The van der Waals surface area contributed by atoms with Crippen molar-refractivity contribution in [1.29, 1.82) is 0 Å². The summed E-state index contributed by atoms with van der Waals surface area (Å²) in [4.78, 5) is 0.994. The molecular formula is C14H12ClNOS. The summed E-state index contributed by atoms with van der Waals surface area (Å²) in [5, 5.41) is 11.2. The van der Waals surface area contributed by atoms with Gasteiger partial charge in [0.15, 0.2) is 0 Å². The Bertz CT molecular complexity index is 602. The number of hydrogen-bond donors (Lipinski definition) is 1. The molecule has 2 aromatic carbocycles. The molecule has 0 bridgehead atoms. The number of aliphatic hydroxyl groups is 1. The number of fused-ring (bicyclic) bond motifs is 2. The molecule has 0 aromatic heterocycles. The first kappa shape index (κ1) is 11.9. The van der Waals surface area contributed by atoms with Crippen LogP contribution in [-0.4, -0.2) is 12.2 Å². The molecule has 0 amide bonds. The maximum absolute atomic E-state index is 10.5. The van der Waals surface area contributed by atoms with E-state index in [4.69, 9.17) is 11.6 Å². The third-order valence-electron chi connectivity index (χ3n) is 3.08. The van der Waals surface area contributed by atoms with Crippen LogP contribution in [0.1, 0.15) is 17.2 Å². The molecule has 0 saturated carbocycles. The summed E-state index contributed by atoms with van der Waals surface area (Å²) in [5.74, 6) is 0. The normalized spacial score (nSPS) is 17.9. The fourth-order valence-corrected chi connectivity index (χ4v) is 3.44. The summed E-state index contributed by atoms with van der Waals surface area (Å²) in [7, 11) is 1.99. The Balaban J connectivity index is 2.21. The van der Waals surface area contributed by atoms with Crippen LogP contribution in [-0.2, 0) is 0 Å². The van der Waals surface area contributed by atoms with Crippen LogP contribution in [0.5, 0.6) is 0 Å². The second-order valence-electron chi connectivity index (χ2n) is 4.23. The summed E-state index contributed by atoms with van der Waals surface area (Å²) in [6.07, 6.45) is -0.606. The van der Waals surface area contributed by atoms with E-state index in [1.165, 1.54) is 0 Å². The van der Waals surface area contributed by atoms with Crippen LogP contribution in [0.2, 0.25) is 5.02 Å². The largest absolute Gasteiger partial charge is 0.384 e. The molecule has 2 aromatic rings. The highest BCUT2D eigenvalue weighted by molar-refractivity contribution is 8.00. The topological polar surface area (TPSA) is 23.5 Å². The highest BCUT2D eigenvalue weighted by Gasteiger charge is 2.24. The summed E-state index contributed by atoms with van der Waals surface area (Å²) >= 11 is 7.61. The van der Waals surface area contributed by atoms with Gasteiger partial charge in [-0.25, -0.2) is 0 Å². The monoisotopic (exact) mass is 277 g/mol. The number of anilines is 1. The summed E-state index contributed by atoms with van der Waals surface area (Å²) < 4.78 is 2.06. The van der Waals surface area contributed by atoms with E-state index in [0.29, 0.717) is 5.02 Å². The van der Waals surface area contributed by atoms with Gasteiger partial charge in [-0.15, -0.1) is 0 Å². The Morgan fingerprint density at radius 2 is 1.94 bits per heavy atom. The smallest absolute Gasteiger partial charge is 0.107 e. The Morgan fingerprint density at radius 3 is 2.78 bits per heavy atom. The molecule has 1 heterocycles. The highest BCUT2D eigenvalue weighted by Crippen LogP contribution is 2.43. The number of halogens is 1. The molecule has 0 aliphatic carbocycles. The van der Waals surface area contributed by atoms with Gasteiger partial charge in [-0.3, -0.25) is 0 Å². The number of rotatable bonds is 0. The third-order valence-corrected chi connectivity index (χ3v) is 4.33. The number of benzene rings is 2. The number of nitrogens with zero attached hydrogens (tertiary/aromatic N) is 1. The predicted octanol–water partition coefficient (Wildman–Crippen LogP) is 3.88. The van der Waals surface area contributed by atoms with Crippen molar-refractivity contribution in [2.24, 2.45) is 0 Å². The first-order valence-electron chi connectivity index (χ1n) is 5.65. The lowest BCUT2D eigenvalue weighted by atomic mass is 10.00. The Kier molecular flexibility index (Phi) is 2.98. The summed E-state index contributed by atoms with van der Waals surface area (Å²) in [6.45, 7) is 0. The highest BCUT2D eigenvalue weighted by atomic mass is 35.5. The van der Waals surface area contributed by atoms with Gasteiger partial charge in [-0.05, 0) is 30.1 Å². The molecule has 0 fully saturated rings. The first-order chi connectivity index (χ1) is 8.66. The second kappa shape index (κ2) is 4.50. The second-order valence-corrected chi connectivity index (χ2v) is 5.84. The molecule has 0 saturated heterocycles. The van der Waals surface area contributed by atoms with Crippen LogP contribution in [0, 0.1) is 0 Å². The van der Waals surface area contributed by atoms with Crippen LogP contribution in [0.15, 0.2) is 47.4 Å². The van der Waals surface area contributed by atoms with Crippen molar-refractivity contribution in [3.05, 3.63) is 58.6 Å². The van der Waals surface area contributed by atoms with Gasteiger partial charge in [0.2, 0.25) is 0 Å². The lowest BCUT2D eigenvalue weighted by Crippen LogP contribution is -2.07. The molecular weight excluding hydrogens is 266 g/mol. The van der Waals surface area contributed by atoms with Crippen molar-refractivity contribution in [3.8, 4) is 0 Å². The number of hydrogen-bond acceptors (Lipinski definition) is 3. The van der Waals surface area contributed by atoms with E-state index in [1.807, 2.05) is 49.5 Å². The standard InChI is InChI=1S/C14H12ClNOS/c1-16-12-5-3-2-4-10(12)14(17)11-7-6-9(15)8-13(11)18-16/h2-8,14,17H,1H3. The minimum absolute atomic E-state index is 0.606. The molecule has 18 heavy (non-hydrogen) atoms. The zero-order chi connectivity index (χ0) is 12.7. The van der Waals surface area contributed by atoms with Crippen molar-refractivity contribution in [2.75, 3.05) is 11.4 Å². The number of para-hydroxylation sites is 1. The van der Waals surface area contributed by atoms with Gasteiger partial charge >= 0.3 is 0 Å². The van der Waals surface area contributed by atoms with Gasteiger partial charge in [0.25, 0.3) is 0 Å². The molecule has 1 unspecified atom stereocenters. The maximum Gasteiger partial charge on any atom is 0.107 e. The predicted molar refractivity (Wildman–Crippen MR) is 76.2 cm³/mol. The van der Waals surface area contributed by atoms with Crippen LogP contribution < -0.4 is 4.31 Å². The van der Waals surface area contributed by atoms with Crippen molar-refractivity contribution >= 4 is 29.2 Å². The van der Waals surface area contributed by atoms with Crippen molar-refractivity contribution in [2.45, 2.75) is 11.0 Å². The quantitative estimate of drug-likeness (QED) is 0.739. The van der Waals surface area contributed by atoms with Crippen LogP contribution >= 0.6 is 23.5 Å². The van der Waals surface area contributed by atoms with Crippen molar-refractivity contribution in [3.63, 3.8) is 0 Å². The Labute approximate surface area is 115 Å². The molecule has 4 heteroatoms. The Hall–Kier alpha value is -1.16. The molecule has 92 valence electrons. The van der Waals surface area contributed by atoms with E-state index >= 15 is 0 Å². The van der Waals surface area contributed by atoms with Gasteiger partial charge in [-0.1, -0.05) is 35.9 Å². The molecule has 1 N–H and O–H groups in total. The summed E-state index contributed by atoms with van der Waals surface area (Å²) in [5.41, 5.74) is 2.86. The zero-order valence-corrected chi connectivity index (χ0v) is 11.4. The van der Waals surface area contributed by atoms with Crippen LogP contribution in [0.4, 0.5) is 5.69 Å². The van der Waals surface area contributed by atoms with E-state index in [2.05, 4.69) is 4.31 Å². The molecule has 1 aliphatic heterocycles. The lowest BCUT2D eigenvalue weighted by Gasteiger charge is -2.18. The SMILES string of the molecule is CN1Sc2cc(Cl)ccc2C(O)c2ccccc21. The summed E-state index contributed by atoms with van der Waals surface area (Å²) in [6, 6.07) is 13.5. The van der Waals surface area contributed by atoms with E-state index < -0.39 is 6.10 Å². The van der Waals surface area contributed by atoms with Crippen LogP contribution in [0.3, 0.4) is 0 Å². The fourth-order valence-electron chi connectivity index (χ4n) is 2.18. The minimum atomic E-state index is -0.606. The van der Waals surface area contributed by atoms with Crippen molar-refractivity contribution < 1.29 is 5.11 Å². The van der Waals surface area contributed by atoms with Crippen LogP contribution in [0.25, 0.3) is 0 Å². The average molecular weight is 278 g/mol. The van der Waals surface area contributed by atoms with Crippen molar-refractivity contribution in [1.82, 2.24) is 0 Å². The maximum atomic E-state index is 10.5. The van der Waals surface area contributed by atoms with Gasteiger partial charge in [0.1, 0.15) is 6.10 Å². The molecule has 0 radical (unpaired) electrons. The van der Waals surface area contributed by atoms with Gasteiger partial charge in [0.05, 0.1) is 5.69 Å². The van der Waals surface area contributed by atoms with E-state index in [0.717, 1.165) is 21.7 Å². The first-order valence-corrected chi connectivity index (χ1v) is 6.80. The number of aliphatic hydroxyl groups excluding tert-OH is 1. The lowest BCUT2D eigenvalue weighted by molar-refractivity contribution is 0.218. The zero-order valence-electron chi connectivity index (χ0n) is 9.80. The molecule has 1 aliphatic rings. The van der Waals surface area contributed by atoms with Gasteiger partial charge in [0, 0.05) is 28.1 Å². The Morgan fingerprint density at radius 1 is 1.17 bits per heavy atom. The molecule has 1 atom stereocenters. The van der Waals surface area contributed by atoms with Gasteiger partial charge in [-0.2, -0.15) is 0 Å². The molecule has 2 nitrogen and oxygen atoms in total. The van der Waals surface area contributed by atoms with E-state index in [9.17, 15) is 5.11 Å². The van der Waals surface area contributed by atoms with E-state index in [1.54, 1.807) is 11.9 Å². The third kappa shape index (κ3) is 1.88. The van der Waals surface area contributed by atoms with E-state index in [-0.39, 0.29) is 0 Å². The molecule has 0 spiro atoms.